The van der Waals surface area contributed by atoms with E-state index in [1.807, 2.05) is 36.5 Å². The standard InChI is InChI=1S/C15H12BrN3O2/c16-12-3-9(4-14-15(12)21-8-20-14)6-17-11-2-1-10-7-18-19-13(10)5-11/h1-5,7,17H,6,8H2,(H,18,19). The van der Waals surface area contributed by atoms with E-state index < -0.39 is 0 Å². The Bertz CT molecular complexity index is 816. The van der Waals surface area contributed by atoms with Crippen LogP contribution in [0.3, 0.4) is 0 Å². The third-order valence-electron chi connectivity index (χ3n) is 3.43. The van der Waals surface area contributed by atoms with E-state index in [4.69, 9.17) is 9.47 Å². The third kappa shape index (κ3) is 2.31. The van der Waals surface area contributed by atoms with Crippen molar-refractivity contribution < 1.29 is 9.47 Å². The van der Waals surface area contributed by atoms with E-state index in [1.165, 1.54) is 0 Å². The molecule has 6 heteroatoms. The number of aromatic amines is 1. The minimum absolute atomic E-state index is 0.279. The molecule has 1 aliphatic rings. The number of aromatic nitrogens is 2. The fourth-order valence-corrected chi connectivity index (χ4v) is 2.98. The first kappa shape index (κ1) is 12.5. The Morgan fingerprint density at radius 2 is 2.19 bits per heavy atom. The number of hydrogen-bond acceptors (Lipinski definition) is 4. The van der Waals surface area contributed by atoms with Gasteiger partial charge in [0.15, 0.2) is 11.5 Å². The van der Waals surface area contributed by atoms with Gasteiger partial charge in [-0.05, 0) is 51.8 Å². The molecule has 3 aromatic rings. The average Bonchev–Trinajstić information content (AvgIpc) is 3.13. The summed E-state index contributed by atoms with van der Waals surface area (Å²) in [5.41, 5.74) is 3.18. The minimum atomic E-state index is 0.279. The number of anilines is 1. The van der Waals surface area contributed by atoms with Gasteiger partial charge >= 0.3 is 0 Å². The molecule has 0 amide bonds. The van der Waals surface area contributed by atoms with Gasteiger partial charge in [0, 0.05) is 17.6 Å². The molecule has 106 valence electrons. The first-order valence-electron chi connectivity index (χ1n) is 6.54. The summed E-state index contributed by atoms with van der Waals surface area (Å²) >= 11 is 3.51. The molecular formula is C15H12BrN3O2. The predicted molar refractivity (Wildman–Crippen MR) is 83.7 cm³/mol. The van der Waals surface area contributed by atoms with Crippen molar-refractivity contribution in [3.63, 3.8) is 0 Å². The molecular weight excluding hydrogens is 334 g/mol. The van der Waals surface area contributed by atoms with E-state index in [9.17, 15) is 0 Å². The maximum Gasteiger partial charge on any atom is 0.231 e. The SMILES string of the molecule is Brc1cc(CNc2ccc3cn[nH]c3c2)cc2c1OCO2. The van der Waals surface area contributed by atoms with E-state index in [1.54, 1.807) is 0 Å². The fraction of sp³-hybridized carbons (Fsp3) is 0.133. The molecule has 2 heterocycles. The molecule has 21 heavy (non-hydrogen) atoms. The molecule has 0 unspecified atom stereocenters. The summed E-state index contributed by atoms with van der Waals surface area (Å²) < 4.78 is 11.7. The summed E-state index contributed by atoms with van der Waals surface area (Å²) in [5.74, 6) is 1.56. The van der Waals surface area contributed by atoms with Gasteiger partial charge in [0.2, 0.25) is 6.79 Å². The molecule has 1 aliphatic heterocycles. The van der Waals surface area contributed by atoms with Gasteiger partial charge in [-0.1, -0.05) is 0 Å². The van der Waals surface area contributed by atoms with Crippen LogP contribution >= 0.6 is 15.9 Å². The number of fused-ring (bicyclic) bond motifs is 2. The van der Waals surface area contributed by atoms with Crippen LogP contribution in [0.1, 0.15) is 5.56 Å². The van der Waals surface area contributed by atoms with Gasteiger partial charge in [0.25, 0.3) is 0 Å². The van der Waals surface area contributed by atoms with E-state index >= 15 is 0 Å². The molecule has 0 radical (unpaired) electrons. The quantitative estimate of drug-likeness (QED) is 0.760. The Hall–Kier alpha value is -2.21. The van der Waals surface area contributed by atoms with Crippen LogP contribution < -0.4 is 14.8 Å². The van der Waals surface area contributed by atoms with E-state index in [0.29, 0.717) is 6.54 Å². The predicted octanol–water partition coefficient (Wildman–Crippen LogP) is 3.67. The molecule has 0 saturated carbocycles. The van der Waals surface area contributed by atoms with E-state index in [-0.39, 0.29) is 6.79 Å². The minimum Gasteiger partial charge on any atom is -0.454 e. The maximum absolute atomic E-state index is 5.43. The van der Waals surface area contributed by atoms with Gasteiger partial charge in [-0.15, -0.1) is 0 Å². The van der Waals surface area contributed by atoms with Crippen LogP contribution in [0.5, 0.6) is 11.5 Å². The Morgan fingerprint density at radius 1 is 1.24 bits per heavy atom. The Kier molecular flexibility index (Phi) is 2.96. The number of benzene rings is 2. The molecule has 1 aromatic heterocycles. The number of halogens is 1. The van der Waals surface area contributed by atoms with E-state index in [2.05, 4.69) is 31.4 Å². The summed E-state index contributed by atoms with van der Waals surface area (Å²) in [4.78, 5) is 0. The van der Waals surface area contributed by atoms with Crippen LogP contribution in [0.4, 0.5) is 5.69 Å². The van der Waals surface area contributed by atoms with Crippen molar-refractivity contribution in [3.05, 3.63) is 46.6 Å². The third-order valence-corrected chi connectivity index (χ3v) is 4.01. The smallest absolute Gasteiger partial charge is 0.231 e. The molecule has 5 nitrogen and oxygen atoms in total. The van der Waals surface area contributed by atoms with Crippen LogP contribution in [0.15, 0.2) is 41.0 Å². The van der Waals surface area contributed by atoms with Crippen molar-refractivity contribution in [2.75, 3.05) is 12.1 Å². The Morgan fingerprint density at radius 3 is 3.14 bits per heavy atom. The van der Waals surface area contributed by atoms with Gasteiger partial charge in [0.1, 0.15) is 0 Å². The highest BCUT2D eigenvalue weighted by atomic mass is 79.9. The second kappa shape index (κ2) is 4.96. The molecule has 0 saturated heterocycles. The molecule has 0 bridgehead atoms. The Labute approximate surface area is 129 Å². The van der Waals surface area contributed by atoms with Gasteiger partial charge in [-0.2, -0.15) is 5.10 Å². The first-order valence-corrected chi connectivity index (χ1v) is 7.34. The maximum atomic E-state index is 5.43. The number of nitrogens with zero attached hydrogens (tertiary/aromatic N) is 1. The van der Waals surface area contributed by atoms with E-state index in [0.717, 1.165) is 38.1 Å². The number of nitrogens with one attached hydrogen (secondary N) is 2. The number of H-pyrrole nitrogens is 1. The van der Waals surface area contributed by atoms with Gasteiger partial charge < -0.3 is 14.8 Å². The molecule has 0 atom stereocenters. The van der Waals surface area contributed by atoms with Crippen LogP contribution in [-0.4, -0.2) is 17.0 Å². The molecule has 2 N–H and O–H groups in total. The van der Waals surface area contributed by atoms with Crippen molar-refractivity contribution in [1.29, 1.82) is 0 Å². The van der Waals surface area contributed by atoms with Crippen LogP contribution in [0.2, 0.25) is 0 Å². The second-order valence-corrected chi connectivity index (χ2v) is 5.69. The summed E-state index contributed by atoms with van der Waals surface area (Å²) in [6.45, 7) is 0.982. The zero-order valence-electron chi connectivity index (χ0n) is 11.0. The van der Waals surface area contributed by atoms with Crippen molar-refractivity contribution in [1.82, 2.24) is 10.2 Å². The number of rotatable bonds is 3. The number of hydrogen-bond donors (Lipinski definition) is 2. The summed E-state index contributed by atoms with van der Waals surface area (Å²) in [7, 11) is 0. The van der Waals surface area contributed by atoms with Crippen molar-refractivity contribution >= 4 is 32.5 Å². The lowest BCUT2D eigenvalue weighted by Crippen LogP contribution is -1.99. The van der Waals surface area contributed by atoms with Crippen LogP contribution in [0, 0.1) is 0 Å². The average molecular weight is 346 g/mol. The normalized spacial score (nSPS) is 12.8. The molecule has 0 aliphatic carbocycles. The Balaban J connectivity index is 1.55. The fourth-order valence-electron chi connectivity index (χ4n) is 2.37. The zero-order chi connectivity index (χ0) is 14.2. The molecule has 2 aromatic carbocycles. The lowest BCUT2D eigenvalue weighted by atomic mass is 10.2. The lowest BCUT2D eigenvalue weighted by Gasteiger charge is -2.08. The molecule has 0 spiro atoms. The van der Waals surface area contributed by atoms with Crippen molar-refractivity contribution in [2.45, 2.75) is 6.54 Å². The van der Waals surface area contributed by atoms with Gasteiger partial charge in [0.05, 0.1) is 16.2 Å². The van der Waals surface area contributed by atoms with Gasteiger partial charge in [-0.25, -0.2) is 0 Å². The zero-order valence-corrected chi connectivity index (χ0v) is 12.6. The van der Waals surface area contributed by atoms with Crippen molar-refractivity contribution in [3.8, 4) is 11.5 Å². The summed E-state index contributed by atoms with van der Waals surface area (Å²) in [5, 5.41) is 11.5. The van der Waals surface area contributed by atoms with Crippen LogP contribution in [-0.2, 0) is 6.54 Å². The largest absolute Gasteiger partial charge is 0.454 e. The molecule has 4 rings (SSSR count). The highest BCUT2D eigenvalue weighted by Gasteiger charge is 2.17. The lowest BCUT2D eigenvalue weighted by molar-refractivity contribution is 0.173. The van der Waals surface area contributed by atoms with Gasteiger partial charge in [-0.3, -0.25) is 5.10 Å². The van der Waals surface area contributed by atoms with Crippen molar-refractivity contribution in [2.24, 2.45) is 0 Å². The van der Waals surface area contributed by atoms with Crippen LogP contribution in [0.25, 0.3) is 10.9 Å². The monoisotopic (exact) mass is 345 g/mol. The highest BCUT2D eigenvalue weighted by Crippen LogP contribution is 2.40. The molecule has 0 fully saturated rings. The topological polar surface area (TPSA) is 59.2 Å². The summed E-state index contributed by atoms with van der Waals surface area (Å²) in [6.07, 6.45) is 1.81. The highest BCUT2D eigenvalue weighted by molar-refractivity contribution is 9.10. The number of ether oxygens (including phenoxy) is 2. The first-order chi connectivity index (χ1) is 10.3. The summed E-state index contributed by atoms with van der Waals surface area (Å²) in [6, 6.07) is 10.2. The second-order valence-electron chi connectivity index (χ2n) is 4.84.